The lowest BCUT2D eigenvalue weighted by Crippen LogP contribution is -2.32. The Balaban J connectivity index is 0.00000177. The molecule has 0 aliphatic carbocycles. The smallest absolute Gasteiger partial charge is 0.254 e. The molecule has 1 aliphatic rings. The van der Waals surface area contributed by atoms with Crippen LogP contribution in [0, 0.1) is 6.92 Å². The van der Waals surface area contributed by atoms with E-state index in [1.165, 1.54) is 4.90 Å². The number of hydrogen-bond acceptors (Lipinski definition) is 4. The molecule has 0 unspecified atom stereocenters. The summed E-state index contributed by atoms with van der Waals surface area (Å²) in [6.07, 6.45) is 3.15. The Bertz CT molecular complexity index is 987. The Hall–Kier alpha value is -3.08. The summed E-state index contributed by atoms with van der Waals surface area (Å²) >= 11 is 0. The number of ketones is 1. The first-order valence-electron chi connectivity index (χ1n) is 11.5. The van der Waals surface area contributed by atoms with Crippen molar-refractivity contribution in [2.24, 2.45) is 0 Å². The number of likely N-dealkylation sites (N-methyl/N-ethyl adjacent to an activating group) is 1. The highest BCUT2D eigenvalue weighted by Crippen LogP contribution is 2.35. The van der Waals surface area contributed by atoms with Crippen LogP contribution in [0.15, 0.2) is 43.0 Å². The molecule has 0 radical (unpaired) electrons. The number of rotatable bonds is 7. The van der Waals surface area contributed by atoms with Gasteiger partial charge < -0.3 is 14.9 Å². The molecule has 0 spiro atoms. The molecular weight excluding hydrogens is 400 g/mol. The highest BCUT2D eigenvalue weighted by atomic mass is 16.3. The van der Waals surface area contributed by atoms with E-state index in [1.54, 1.807) is 19.2 Å². The first-order valence-corrected chi connectivity index (χ1v) is 11.5. The molecule has 5 heteroatoms. The molecule has 1 amide bonds. The van der Waals surface area contributed by atoms with Crippen LogP contribution in [0.3, 0.4) is 0 Å². The summed E-state index contributed by atoms with van der Waals surface area (Å²) in [6, 6.07) is 11.1. The third kappa shape index (κ3) is 5.78. The highest BCUT2D eigenvalue weighted by molar-refractivity contribution is 5.97. The minimum atomic E-state index is -0.132. The van der Waals surface area contributed by atoms with Gasteiger partial charge in [-0.3, -0.25) is 9.59 Å². The van der Waals surface area contributed by atoms with Crippen molar-refractivity contribution in [2.75, 3.05) is 25.0 Å². The second-order valence-corrected chi connectivity index (χ2v) is 7.99. The van der Waals surface area contributed by atoms with E-state index in [4.69, 9.17) is 0 Å². The number of fused-ring (bicyclic) bond motifs is 1. The van der Waals surface area contributed by atoms with Crippen LogP contribution in [-0.2, 0) is 11.2 Å². The SMILES string of the molecule is C=C(c1ccc(O)cc1C)N1CCCc2cc(C(=O)N(C)CC(=O)CCC)ccc21.CC.[HH]. The summed E-state index contributed by atoms with van der Waals surface area (Å²) in [5, 5.41) is 9.70. The zero-order valence-corrected chi connectivity index (χ0v) is 20.1. The fourth-order valence-electron chi connectivity index (χ4n) is 4.04. The second-order valence-electron chi connectivity index (χ2n) is 7.99. The van der Waals surface area contributed by atoms with Crippen molar-refractivity contribution in [3.63, 3.8) is 0 Å². The zero-order valence-electron chi connectivity index (χ0n) is 20.1. The number of hydrogen-bond donors (Lipinski definition) is 1. The molecule has 0 atom stereocenters. The molecule has 2 aromatic rings. The van der Waals surface area contributed by atoms with Crippen molar-refractivity contribution in [3.05, 3.63) is 65.2 Å². The lowest BCUT2D eigenvalue weighted by molar-refractivity contribution is -0.119. The van der Waals surface area contributed by atoms with E-state index in [0.29, 0.717) is 12.0 Å². The maximum atomic E-state index is 12.8. The summed E-state index contributed by atoms with van der Waals surface area (Å²) in [7, 11) is 1.68. The van der Waals surface area contributed by atoms with Crippen molar-refractivity contribution in [1.29, 1.82) is 0 Å². The van der Waals surface area contributed by atoms with E-state index in [0.717, 1.165) is 53.9 Å². The molecule has 3 rings (SSSR count). The number of amides is 1. The Labute approximate surface area is 193 Å². The quantitative estimate of drug-likeness (QED) is 0.590. The van der Waals surface area contributed by atoms with Gasteiger partial charge in [0, 0.05) is 44.0 Å². The van der Waals surface area contributed by atoms with Crippen LogP contribution in [0.2, 0.25) is 0 Å². The van der Waals surface area contributed by atoms with Crippen LogP contribution in [0.5, 0.6) is 5.75 Å². The lowest BCUT2D eigenvalue weighted by atomic mass is 9.96. The fraction of sp³-hybridized carbons (Fsp3) is 0.407. The number of phenolic OH excluding ortho intramolecular Hbond substituents is 1. The molecule has 5 nitrogen and oxygen atoms in total. The monoisotopic (exact) mass is 438 g/mol. The molecule has 0 saturated carbocycles. The van der Waals surface area contributed by atoms with Gasteiger partial charge in [-0.2, -0.15) is 0 Å². The van der Waals surface area contributed by atoms with Gasteiger partial charge in [0.2, 0.25) is 0 Å². The first-order chi connectivity index (χ1) is 15.3. The predicted octanol–water partition coefficient (Wildman–Crippen LogP) is 5.84. The first kappa shape index (κ1) is 25.2. The van der Waals surface area contributed by atoms with Gasteiger partial charge in [0.25, 0.3) is 5.91 Å². The van der Waals surface area contributed by atoms with Crippen molar-refractivity contribution < 1.29 is 16.1 Å². The maximum absolute atomic E-state index is 12.8. The van der Waals surface area contributed by atoms with E-state index in [2.05, 4.69) is 11.5 Å². The normalized spacial score (nSPS) is 12.3. The third-order valence-electron chi connectivity index (χ3n) is 5.58. The van der Waals surface area contributed by atoms with Gasteiger partial charge in [0.15, 0.2) is 5.78 Å². The van der Waals surface area contributed by atoms with Gasteiger partial charge in [0.1, 0.15) is 5.75 Å². The Morgan fingerprint density at radius 1 is 1.19 bits per heavy atom. The molecule has 0 fully saturated rings. The van der Waals surface area contributed by atoms with E-state index < -0.39 is 0 Å². The van der Waals surface area contributed by atoms with Crippen molar-refractivity contribution >= 4 is 23.1 Å². The third-order valence-corrected chi connectivity index (χ3v) is 5.58. The van der Waals surface area contributed by atoms with E-state index in [1.807, 2.05) is 52.0 Å². The average molecular weight is 439 g/mol. The topological polar surface area (TPSA) is 60.9 Å². The van der Waals surface area contributed by atoms with Crippen LogP contribution in [0.25, 0.3) is 5.70 Å². The molecule has 1 aliphatic heterocycles. The Morgan fingerprint density at radius 2 is 1.91 bits per heavy atom. The Morgan fingerprint density at radius 3 is 2.56 bits per heavy atom. The standard InChI is InChI=1S/C25H30N2O3.C2H6.H2/c1-5-7-22(29)16-26(4)25(30)20-9-12-24-19(15-20)8-6-13-27(24)18(3)23-11-10-21(28)14-17(23)2;1-2;/h9-12,14-15,28H,3,5-8,13,16H2,1-2,4H3;1-2H3;1H. The van der Waals surface area contributed by atoms with Crippen molar-refractivity contribution in [2.45, 2.75) is 53.4 Å². The maximum Gasteiger partial charge on any atom is 0.254 e. The average Bonchev–Trinajstić information content (AvgIpc) is 2.78. The van der Waals surface area contributed by atoms with Crippen LogP contribution in [0.1, 0.15) is 68.5 Å². The number of carbonyl (C=O) groups is 2. The zero-order chi connectivity index (χ0) is 23.8. The molecule has 174 valence electrons. The van der Waals surface area contributed by atoms with Gasteiger partial charge in [-0.1, -0.05) is 27.4 Å². The number of carbonyl (C=O) groups excluding carboxylic acids is 2. The number of phenols is 1. The van der Waals surface area contributed by atoms with Crippen molar-refractivity contribution in [3.8, 4) is 5.75 Å². The predicted molar refractivity (Wildman–Crippen MR) is 134 cm³/mol. The van der Waals surface area contributed by atoms with E-state index in [9.17, 15) is 14.7 Å². The minimum absolute atomic E-state index is 0. The van der Waals surface area contributed by atoms with Gasteiger partial charge in [-0.05, 0) is 73.7 Å². The summed E-state index contributed by atoms with van der Waals surface area (Å²) < 4.78 is 0. The molecule has 0 bridgehead atoms. The summed E-state index contributed by atoms with van der Waals surface area (Å²) in [6.45, 7) is 13.2. The second kappa shape index (κ2) is 11.5. The lowest BCUT2D eigenvalue weighted by Gasteiger charge is -2.34. The van der Waals surface area contributed by atoms with Gasteiger partial charge >= 0.3 is 0 Å². The number of aromatic hydroxyl groups is 1. The fourth-order valence-corrected chi connectivity index (χ4v) is 4.04. The van der Waals surface area contributed by atoms with Crippen LogP contribution >= 0.6 is 0 Å². The minimum Gasteiger partial charge on any atom is -0.508 e. The number of aryl methyl sites for hydroxylation is 2. The molecule has 2 aromatic carbocycles. The van der Waals surface area contributed by atoms with E-state index in [-0.39, 0.29) is 25.4 Å². The van der Waals surface area contributed by atoms with Gasteiger partial charge in [0.05, 0.1) is 6.54 Å². The molecular formula is C27H38N2O3. The van der Waals surface area contributed by atoms with Crippen molar-refractivity contribution in [1.82, 2.24) is 4.90 Å². The van der Waals surface area contributed by atoms with E-state index >= 15 is 0 Å². The van der Waals surface area contributed by atoms with Crippen LogP contribution < -0.4 is 4.90 Å². The number of nitrogens with zero attached hydrogens (tertiary/aromatic N) is 2. The number of Topliss-reactive ketones (excluding diaryl/α,β-unsaturated/α-hetero) is 1. The van der Waals surface area contributed by atoms with Crippen LogP contribution in [-0.4, -0.2) is 41.8 Å². The molecule has 32 heavy (non-hydrogen) atoms. The summed E-state index contributed by atoms with van der Waals surface area (Å²) in [4.78, 5) is 28.4. The summed E-state index contributed by atoms with van der Waals surface area (Å²) in [5.41, 5.74) is 5.62. The van der Waals surface area contributed by atoms with Crippen LogP contribution in [0.4, 0.5) is 5.69 Å². The highest BCUT2D eigenvalue weighted by Gasteiger charge is 2.23. The molecule has 0 saturated heterocycles. The molecule has 1 N–H and O–H groups in total. The number of benzene rings is 2. The van der Waals surface area contributed by atoms with Gasteiger partial charge in [-0.15, -0.1) is 0 Å². The molecule has 1 heterocycles. The summed E-state index contributed by atoms with van der Waals surface area (Å²) in [5.74, 6) is 0.193. The molecule has 0 aromatic heterocycles. The largest absolute Gasteiger partial charge is 0.508 e. The number of anilines is 1. The Kier molecular flexibility index (Phi) is 9.06. The van der Waals surface area contributed by atoms with Gasteiger partial charge in [-0.25, -0.2) is 0 Å².